The Morgan fingerprint density at radius 2 is 1.46 bits per heavy atom. The first-order valence-electron chi connectivity index (χ1n) is 25.3. The lowest BCUT2D eigenvalue weighted by Crippen LogP contribution is -2.51. The number of carbonyl (C=O) groups is 3. The average molecular weight is 825 g/mol. The van der Waals surface area contributed by atoms with E-state index >= 15 is 0 Å². The second-order valence-corrected chi connectivity index (χ2v) is 20.8. The molecule has 4 rings (SSSR count). The third kappa shape index (κ3) is 15.0. The van der Waals surface area contributed by atoms with Crippen molar-refractivity contribution in [1.29, 1.82) is 0 Å². The molecular weight excluding hydrogens is 733 g/mol. The molecular formula is C51H92N4O4. The van der Waals surface area contributed by atoms with E-state index in [-0.39, 0.29) is 36.0 Å². The summed E-state index contributed by atoms with van der Waals surface area (Å²) in [7, 11) is 0. The normalized spacial score (nSPS) is 27.9. The van der Waals surface area contributed by atoms with Crippen molar-refractivity contribution in [2.24, 2.45) is 52.1 Å². The third-order valence-corrected chi connectivity index (χ3v) is 16.0. The van der Waals surface area contributed by atoms with Gasteiger partial charge in [-0.2, -0.15) is 0 Å². The number of hydrogen-bond donors (Lipinski definition) is 3. The predicted molar refractivity (Wildman–Crippen MR) is 245 cm³/mol. The molecule has 0 heterocycles. The van der Waals surface area contributed by atoms with Crippen LogP contribution in [-0.4, -0.2) is 61.6 Å². The van der Waals surface area contributed by atoms with Gasteiger partial charge in [0, 0.05) is 32.5 Å². The average Bonchev–Trinajstić information content (AvgIpc) is 3.57. The largest absolute Gasteiger partial charge is 0.446 e. The summed E-state index contributed by atoms with van der Waals surface area (Å²) < 4.78 is 6.28. The number of unbranched alkanes of at least 4 members (excludes halogenated alkanes) is 11. The molecule has 3 amide bonds. The Morgan fingerprint density at radius 3 is 2.15 bits per heavy atom. The molecule has 3 fully saturated rings. The summed E-state index contributed by atoms with van der Waals surface area (Å²) in [6.07, 6.45) is 31.9. The van der Waals surface area contributed by atoms with Crippen LogP contribution >= 0.6 is 0 Å². The van der Waals surface area contributed by atoms with Gasteiger partial charge in [0.1, 0.15) is 12.6 Å². The highest BCUT2D eigenvalue weighted by Crippen LogP contribution is 2.67. The van der Waals surface area contributed by atoms with Gasteiger partial charge in [0.05, 0.1) is 0 Å². The Labute approximate surface area is 362 Å². The molecule has 0 saturated heterocycles. The number of ether oxygens (including phenoxy) is 1. The molecule has 4 N–H and O–H groups in total. The molecule has 0 aromatic heterocycles. The fraction of sp³-hybridized carbons (Fsp3) is 0.902. The van der Waals surface area contributed by atoms with Gasteiger partial charge in [-0.05, 0) is 130 Å². The molecule has 8 atom stereocenters. The molecule has 0 aliphatic heterocycles. The molecule has 8 nitrogen and oxygen atoms in total. The molecule has 3 saturated carbocycles. The van der Waals surface area contributed by atoms with E-state index in [1.807, 2.05) is 0 Å². The van der Waals surface area contributed by atoms with Crippen LogP contribution in [0.5, 0.6) is 0 Å². The summed E-state index contributed by atoms with van der Waals surface area (Å²) >= 11 is 0. The highest BCUT2D eigenvalue weighted by atomic mass is 16.6. The summed E-state index contributed by atoms with van der Waals surface area (Å²) in [5, 5.41) is 6.04. The zero-order valence-corrected chi connectivity index (χ0v) is 39.2. The maximum atomic E-state index is 13.8. The molecule has 0 aromatic carbocycles. The fourth-order valence-electron chi connectivity index (χ4n) is 12.4. The fourth-order valence-corrected chi connectivity index (χ4v) is 12.4. The van der Waals surface area contributed by atoms with Crippen LogP contribution in [0.25, 0.3) is 0 Å². The van der Waals surface area contributed by atoms with E-state index in [0.717, 1.165) is 86.9 Å². The van der Waals surface area contributed by atoms with Crippen LogP contribution in [0.3, 0.4) is 0 Å². The lowest BCUT2D eigenvalue weighted by atomic mass is 9.47. The van der Waals surface area contributed by atoms with Crippen molar-refractivity contribution in [3.63, 3.8) is 0 Å². The monoisotopic (exact) mass is 825 g/mol. The number of nitrogens with one attached hydrogen (secondary N) is 2. The quantitative estimate of drug-likeness (QED) is 0.0537. The zero-order valence-electron chi connectivity index (χ0n) is 39.2. The number of nitrogens with two attached hydrogens (primary N) is 1. The maximum absolute atomic E-state index is 13.8. The Balaban J connectivity index is 1.23. The smallest absolute Gasteiger partial charge is 0.410 e. The number of nitrogens with zero attached hydrogens (tertiary/aromatic N) is 1. The first-order valence-corrected chi connectivity index (χ1v) is 25.3. The van der Waals surface area contributed by atoms with E-state index in [4.69, 9.17) is 10.5 Å². The molecule has 4 aliphatic carbocycles. The number of carbonyl (C=O) groups excluding carboxylic acids is 3. The molecule has 0 unspecified atom stereocenters. The summed E-state index contributed by atoms with van der Waals surface area (Å²) in [5.74, 6) is 4.77. The van der Waals surface area contributed by atoms with Crippen molar-refractivity contribution < 1.29 is 19.1 Å². The van der Waals surface area contributed by atoms with E-state index < -0.39 is 0 Å². The van der Waals surface area contributed by atoms with E-state index in [9.17, 15) is 14.4 Å². The Kier molecular flexibility index (Phi) is 21.6. The molecule has 0 aromatic rings. The van der Waals surface area contributed by atoms with Crippen LogP contribution in [0, 0.1) is 46.3 Å². The van der Waals surface area contributed by atoms with Gasteiger partial charge in [-0.15, -0.1) is 0 Å². The Bertz CT molecular complexity index is 1290. The van der Waals surface area contributed by atoms with Crippen LogP contribution in [0.4, 0.5) is 4.79 Å². The number of hydrogen-bond acceptors (Lipinski definition) is 5. The van der Waals surface area contributed by atoms with Crippen molar-refractivity contribution in [3.05, 3.63) is 11.6 Å². The number of fused-ring (bicyclic) bond motifs is 5. The third-order valence-electron chi connectivity index (χ3n) is 16.0. The number of amides is 3. The van der Waals surface area contributed by atoms with Crippen molar-refractivity contribution >= 4 is 17.9 Å². The van der Waals surface area contributed by atoms with Gasteiger partial charge in [0.15, 0.2) is 0 Å². The van der Waals surface area contributed by atoms with Gasteiger partial charge in [0.2, 0.25) is 11.8 Å². The minimum atomic E-state index is -0.386. The van der Waals surface area contributed by atoms with Gasteiger partial charge in [-0.25, -0.2) is 4.79 Å². The lowest BCUT2D eigenvalue weighted by Gasteiger charge is -2.58. The summed E-state index contributed by atoms with van der Waals surface area (Å²) in [6.45, 7) is 16.9. The zero-order chi connectivity index (χ0) is 42.7. The molecule has 4 aliphatic rings. The first-order chi connectivity index (χ1) is 28.4. The lowest BCUT2D eigenvalue weighted by molar-refractivity contribution is -0.122. The Hall–Kier alpha value is -2.09. The van der Waals surface area contributed by atoms with Crippen LogP contribution < -0.4 is 16.4 Å². The van der Waals surface area contributed by atoms with Gasteiger partial charge >= 0.3 is 6.09 Å². The molecule has 0 radical (unpaired) electrons. The van der Waals surface area contributed by atoms with Crippen LogP contribution in [-0.2, 0) is 14.3 Å². The van der Waals surface area contributed by atoms with Crippen molar-refractivity contribution in [2.75, 3.05) is 32.7 Å². The van der Waals surface area contributed by atoms with Crippen LogP contribution in [0.2, 0.25) is 0 Å². The standard InChI is InChI=1S/C51H92N4O4/c1-7-8-9-10-11-12-13-14-15-16-24-47(56)53-35-19-20-36-55(38-48(57)54-34-18-17-33-52)49(58)59-42-29-31-50(5)41(37-42)25-26-43-45-28-27-44(40(4)23-21-22-39(2)3)51(45,6)32-30-46(43)50/h25,39-40,42-46H,7-24,26-38,52H2,1-6H3,(H,53,56)(H,54,57)/t40-,42+,43+,44-,45+,46+,50+,51-/m1/s1. The van der Waals surface area contributed by atoms with Gasteiger partial charge < -0.3 is 21.1 Å². The highest BCUT2D eigenvalue weighted by Gasteiger charge is 2.59. The van der Waals surface area contributed by atoms with E-state index in [1.165, 1.54) is 108 Å². The molecule has 0 spiro atoms. The molecule has 8 heteroatoms. The predicted octanol–water partition coefficient (Wildman–Crippen LogP) is 11.9. The number of rotatable bonds is 28. The second kappa shape index (κ2) is 25.8. The van der Waals surface area contributed by atoms with Crippen molar-refractivity contribution in [3.8, 4) is 0 Å². The Morgan fingerprint density at radius 1 is 0.780 bits per heavy atom. The SMILES string of the molecule is CCCCCCCCCCCCC(=O)NCCCCN(CC(=O)NCCCCN)C(=O)O[C@H]1CC[C@@]2(C)C(=CC[C@H]3[C@@H]4CC[C@H]([C@H](C)CCCC(C)C)[C@@]4(C)CC[C@@H]32)C1. The van der Waals surface area contributed by atoms with E-state index in [0.29, 0.717) is 44.4 Å². The van der Waals surface area contributed by atoms with Gasteiger partial charge in [0.25, 0.3) is 0 Å². The van der Waals surface area contributed by atoms with Crippen LogP contribution in [0.1, 0.15) is 208 Å². The minimum Gasteiger partial charge on any atom is -0.446 e. The van der Waals surface area contributed by atoms with E-state index in [1.54, 1.807) is 4.90 Å². The molecule has 340 valence electrons. The maximum Gasteiger partial charge on any atom is 0.410 e. The van der Waals surface area contributed by atoms with Crippen LogP contribution in [0.15, 0.2) is 11.6 Å². The second-order valence-electron chi connectivity index (χ2n) is 20.8. The number of allylic oxidation sites excluding steroid dienone is 1. The van der Waals surface area contributed by atoms with Crippen molar-refractivity contribution in [2.45, 2.75) is 215 Å². The summed E-state index contributed by atoms with van der Waals surface area (Å²) in [5.41, 5.74) is 7.83. The first kappa shape index (κ1) is 49.6. The van der Waals surface area contributed by atoms with Gasteiger partial charge in [-0.1, -0.05) is 130 Å². The summed E-state index contributed by atoms with van der Waals surface area (Å²) in [4.78, 5) is 40.8. The molecule has 59 heavy (non-hydrogen) atoms. The topological polar surface area (TPSA) is 114 Å². The van der Waals surface area contributed by atoms with E-state index in [2.05, 4.69) is 58.3 Å². The molecule has 0 bridgehead atoms. The van der Waals surface area contributed by atoms with Crippen molar-refractivity contribution in [1.82, 2.24) is 15.5 Å². The highest BCUT2D eigenvalue weighted by molar-refractivity contribution is 5.82. The van der Waals surface area contributed by atoms with Gasteiger partial charge in [-0.3, -0.25) is 14.5 Å². The minimum absolute atomic E-state index is 0.0130. The summed E-state index contributed by atoms with van der Waals surface area (Å²) in [6, 6.07) is 0.